The lowest BCUT2D eigenvalue weighted by molar-refractivity contribution is 0.0264. The Hall–Kier alpha value is -0.750. The molecule has 2 rings (SSSR count). The molecule has 0 radical (unpaired) electrons. The average Bonchev–Trinajstić information content (AvgIpc) is 2.78. The van der Waals surface area contributed by atoms with Crippen LogP contribution < -0.4 is 4.90 Å². The van der Waals surface area contributed by atoms with E-state index < -0.39 is 0 Å². The molecule has 0 N–H and O–H groups in total. The molecular formula is C15H23NO3S. The average molecular weight is 297 g/mol. The largest absolute Gasteiger partial charge is 0.382 e. The zero-order chi connectivity index (χ0) is 14.2. The normalized spacial score (nSPS) is 17.5. The number of fused-ring (bicyclic) bond motifs is 1. The van der Waals surface area contributed by atoms with Gasteiger partial charge >= 0.3 is 0 Å². The number of nitrogens with zero attached hydrogens (tertiary/aromatic N) is 1. The van der Waals surface area contributed by atoms with Crippen molar-refractivity contribution in [1.29, 1.82) is 0 Å². The molecule has 1 atom stereocenters. The molecule has 0 aromatic heterocycles. The van der Waals surface area contributed by atoms with Crippen LogP contribution in [0.15, 0.2) is 29.2 Å². The van der Waals surface area contributed by atoms with Gasteiger partial charge < -0.3 is 19.1 Å². The van der Waals surface area contributed by atoms with E-state index in [2.05, 4.69) is 36.1 Å². The molecule has 4 nitrogen and oxygen atoms in total. The van der Waals surface area contributed by atoms with E-state index in [0.29, 0.717) is 31.8 Å². The summed E-state index contributed by atoms with van der Waals surface area (Å²) in [6.45, 7) is 6.42. The van der Waals surface area contributed by atoms with Gasteiger partial charge in [0.25, 0.3) is 0 Å². The summed E-state index contributed by atoms with van der Waals surface area (Å²) >= 11 is 1.91. The molecule has 0 amide bonds. The van der Waals surface area contributed by atoms with Gasteiger partial charge in [0, 0.05) is 18.6 Å². The minimum Gasteiger partial charge on any atom is -0.382 e. The van der Waals surface area contributed by atoms with E-state index in [4.69, 9.17) is 14.2 Å². The van der Waals surface area contributed by atoms with Crippen LogP contribution >= 0.6 is 11.8 Å². The van der Waals surface area contributed by atoms with E-state index in [0.717, 1.165) is 13.2 Å². The molecule has 0 saturated carbocycles. The number of para-hydroxylation sites is 1. The standard InChI is InChI=1S/C15H23NO3S/c1-13-16(14-5-3-4-6-15(14)20-13)7-8-18-11-12-19-10-9-17-2/h3-6,13H,7-12H2,1-2H3. The van der Waals surface area contributed by atoms with Gasteiger partial charge in [0.15, 0.2) is 0 Å². The van der Waals surface area contributed by atoms with Crippen LogP contribution in [0.1, 0.15) is 6.92 Å². The van der Waals surface area contributed by atoms with E-state index in [1.165, 1.54) is 10.6 Å². The van der Waals surface area contributed by atoms with Crippen molar-refractivity contribution in [2.75, 3.05) is 51.6 Å². The van der Waals surface area contributed by atoms with E-state index >= 15 is 0 Å². The number of rotatable bonds is 9. The van der Waals surface area contributed by atoms with Crippen molar-refractivity contribution in [3.05, 3.63) is 24.3 Å². The molecule has 0 spiro atoms. The molecule has 20 heavy (non-hydrogen) atoms. The van der Waals surface area contributed by atoms with Crippen LogP contribution in [0.5, 0.6) is 0 Å². The van der Waals surface area contributed by atoms with E-state index in [1.54, 1.807) is 7.11 Å². The number of ether oxygens (including phenoxy) is 3. The summed E-state index contributed by atoms with van der Waals surface area (Å²) in [6, 6.07) is 8.55. The molecule has 1 aliphatic rings. The van der Waals surface area contributed by atoms with E-state index in [-0.39, 0.29) is 0 Å². The molecule has 5 heteroatoms. The minimum atomic E-state index is 0.481. The van der Waals surface area contributed by atoms with Crippen LogP contribution in [0.25, 0.3) is 0 Å². The van der Waals surface area contributed by atoms with Crippen LogP contribution in [-0.4, -0.2) is 52.1 Å². The number of benzene rings is 1. The van der Waals surface area contributed by atoms with E-state index in [1.807, 2.05) is 11.8 Å². The topological polar surface area (TPSA) is 30.9 Å². The molecule has 112 valence electrons. The lowest BCUT2D eigenvalue weighted by Gasteiger charge is -2.23. The molecule has 1 unspecified atom stereocenters. The highest BCUT2D eigenvalue weighted by molar-refractivity contribution is 8.00. The number of hydrogen-bond acceptors (Lipinski definition) is 5. The molecular weight excluding hydrogens is 274 g/mol. The van der Waals surface area contributed by atoms with Crippen LogP contribution in [0, 0.1) is 0 Å². The number of methoxy groups -OCH3 is 1. The Morgan fingerprint density at radius 1 is 1.05 bits per heavy atom. The molecule has 1 aromatic rings. The highest BCUT2D eigenvalue weighted by Crippen LogP contribution is 2.42. The van der Waals surface area contributed by atoms with Crippen molar-refractivity contribution in [2.45, 2.75) is 17.2 Å². The molecule has 1 aromatic carbocycles. The molecule has 1 aliphatic heterocycles. The summed E-state index contributed by atoms with van der Waals surface area (Å²) < 4.78 is 15.9. The first-order valence-corrected chi connectivity index (χ1v) is 7.87. The van der Waals surface area contributed by atoms with Crippen molar-refractivity contribution in [2.24, 2.45) is 0 Å². The quantitative estimate of drug-likeness (QED) is 0.654. The fourth-order valence-corrected chi connectivity index (χ4v) is 3.34. The van der Waals surface area contributed by atoms with Gasteiger partial charge in [-0.2, -0.15) is 0 Å². The smallest absolute Gasteiger partial charge is 0.0771 e. The second kappa shape index (κ2) is 8.52. The van der Waals surface area contributed by atoms with Crippen LogP contribution in [0.4, 0.5) is 5.69 Å². The Morgan fingerprint density at radius 2 is 1.75 bits per heavy atom. The predicted molar refractivity (Wildman–Crippen MR) is 82.6 cm³/mol. The van der Waals surface area contributed by atoms with Gasteiger partial charge in [-0.05, 0) is 19.1 Å². The zero-order valence-corrected chi connectivity index (χ0v) is 13.0. The maximum atomic E-state index is 5.62. The highest BCUT2D eigenvalue weighted by atomic mass is 32.2. The minimum absolute atomic E-state index is 0.481. The van der Waals surface area contributed by atoms with Crippen molar-refractivity contribution in [3.63, 3.8) is 0 Å². The fraction of sp³-hybridized carbons (Fsp3) is 0.600. The Bertz CT molecular complexity index is 402. The first-order valence-electron chi connectivity index (χ1n) is 6.99. The van der Waals surface area contributed by atoms with Crippen LogP contribution in [0.2, 0.25) is 0 Å². The Kier molecular flexibility index (Phi) is 6.66. The Morgan fingerprint density at radius 3 is 2.55 bits per heavy atom. The third-order valence-corrected chi connectivity index (χ3v) is 4.39. The van der Waals surface area contributed by atoms with Gasteiger partial charge in [0.2, 0.25) is 0 Å². The molecule has 0 aliphatic carbocycles. The third-order valence-electron chi connectivity index (χ3n) is 3.19. The lowest BCUT2D eigenvalue weighted by Crippen LogP contribution is -2.30. The first-order chi connectivity index (χ1) is 9.83. The molecule has 1 heterocycles. The van der Waals surface area contributed by atoms with Crippen molar-refractivity contribution < 1.29 is 14.2 Å². The first kappa shape index (κ1) is 15.6. The maximum Gasteiger partial charge on any atom is 0.0771 e. The summed E-state index contributed by atoms with van der Waals surface area (Å²) in [7, 11) is 1.67. The summed E-state index contributed by atoms with van der Waals surface area (Å²) in [4.78, 5) is 3.76. The van der Waals surface area contributed by atoms with Crippen molar-refractivity contribution in [3.8, 4) is 0 Å². The Labute approximate surface area is 125 Å². The van der Waals surface area contributed by atoms with Gasteiger partial charge in [-0.3, -0.25) is 0 Å². The van der Waals surface area contributed by atoms with Gasteiger partial charge in [0.1, 0.15) is 0 Å². The second-order valence-electron chi connectivity index (χ2n) is 4.60. The Balaban J connectivity index is 1.62. The summed E-state index contributed by atoms with van der Waals surface area (Å²) in [5.74, 6) is 0. The third kappa shape index (κ3) is 4.38. The fourth-order valence-electron chi connectivity index (χ4n) is 2.17. The van der Waals surface area contributed by atoms with Gasteiger partial charge in [-0.15, -0.1) is 0 Å². The van der Waals surface area contributed by atoms with E-state index in [9.17, 15) is 0 Å². The summed E-state index contributed by atoms with van der Waals surface area (Å²) in [6.07, 6.45) is 0. The van der Waals surface area contributed by atoms with Crippen LogP contribution in [0.3, 0.4) is 0 Å². The zero-order valence-electron chi connectivity index (χ0n) is 12.2. The molecule has 0 bridgehead atoms. The van der Waals surface area contributed by atoms with Gasteiger partial charge in [-0.1, -0.05) is 23.9 Å². The van der Waals surface area contributed by atoms with Crippen LogP contribution in [-0.2, 0) is 14.2 Å². The van der Waals surface area contributed by atoms with Gasteiger partial charge in [0.05, 0.1) is 44.1 Å². The number of thioether (sulfide) groups is 1. The second-order valence-corrected chi connectivity index (χ2v) is 5.95. The SMILES string of the molecule is COCCOCCOCCN1c2ccccc2SC1C. The predicted octanol–water partition coefficient (Wildman–Crippen LogP) is 2.62. The summed E-state index contributed by atoms with van der Waals surface area (Å²) in [5, 5.41) is 0.481. The highest BCUT2D eigenvalue weighted by Gasteiger charge is 2.25. The lowest BCUT2D eigenvalue weighted by atomic mass is 10.3. The van der Waals surface area contributed by atoms with Gasteiger partial charge in [-0.25, -0.2) is 0 Å². The molecule has 0 fully saturated rings. The van der Waals surface area contributed by atoms with Crippen molar-refractivity contribution in [1.82, 2.24) is 0 Å². The maximum absolute atomic E-state index is 5.62. The summed E-state index contributed by atoms with van der Waals surface area (Å²) in [5.41, 5.74) is 1.32. The number of hydrogen-bond donors (Lipinski definition) is 0. The monoisotopic (exact) mass is 297 g/mol. The molecule has 0 saturated heterocycles. The number of anilines is 1. The van der Waals surface area contributed by atoms with Crippen molar-refractivity contribution >= 4 is 17.4 Å².